The van der Waals surface area contributed by atoms with Crippen LogP contribution in [-0.2, 0) is 0 Å². The summed E-state index contributed by atoms with van der Waals surface area (Å²) < 4.78 is 5.65. The van der Waals surface area contributed by atoms with E-state index in [2.05, 4.69) is 10.2 Å². The number of furan rings is 1. The summed E-state index contributed by atoms with van der Waals surface area (Å²) in [7, 11) is 0. The number of nitrogens with one attached hydrogen (secondary N) is 1. The lowest BCUT2D eigenvalue weighted by Crippen LogP contribution is -2.41. The van der Waals surface area contributed by atoms with Crippen LogP contribution in [0.5, 0.6) is 0 Å². The molecule has 1 aliphatic heterocycles. The van der Waals surface area contributed by atoms with E-state index < -0.39 is 0 Å². The van der Waals surface area contributed by atoms with E-state index in [0.717, 1.165) is 43.6 Å². The SMILES string of the molecule is Cc1cc2cccc(C(=O)NCCN3CCCC(CO)C3)c2o1. The average molecular weight is 316 g/mol. The third-order valence-corrected chi connectivity index (χ3v) is 4.49. The minimum atomic E-state index is -0.0966. The third kappa shape index (κ3) is 3.74. The summed E-state index contributed by atoms with van der Waals surface area (Å²) in [5.74, 6) is 1.09. The van der Waals surface area contributed by atoms with Gasteiger partial charge < -0.3 is 19.7 Å². The van der Waals surface area contributed by atoms with Crippen LogP contribution in [0.15, 0.2) is 28.7 Å². The number of aliphatic hydroxyl groups excluding tert-OH is 1. The molecule has 0 aliphatic carbocycles. The molecule has 2 aromatic rings. The number of hydrogen-bond donors (Lipinski definition) is 2. The highest BCUT2D eigenvalue weighted by atomic mass is 16.3. The molecule has 1 atom stereocenters. The van der Waals surface area contributed by atoms with Crippen molar-refractivity contribution in [2.24, 2.45) is 5.92 Å². The fraction of sp³-hybridized carbons (Fsp3) is 0.500. The van der Waals surface area contributed by atoms with Gasteiger partial charge in [-0.2, -0.15) is 0 Å². The van der Waals surface area contributed by atoms with Gasteiger partial charge in [0.05, 0.1) is 5.56 Å². The molecule has 2 heterocycles. The minimum absolute atomic E-state index is 0.0966. The van der Waals surface area contributed by atoms with Crippen LogP contribution in [0.1, 0.15) is 29.0 Å². The molecule has 5 heteroatoms. The van der Waals surface area contributed by atoms with E-state index in [-0.39, 0.29) is 12.5 Å². The normalized spacial score (nSPS) is 19.1. The lowest BCUT2D eigenvalue weighted by atomic mass is 9.99. The predicted molar refractivity (Wildman–Crippen MR) is 89.5 cm³/mol. The Morgan fingerprint density at radius 1 is 1.48 bits per heavy atom. The van der Waals surface area contributed by atoms with Crippen molar-refractivity contribution < 1.29 is 14.3 Å². The molecule has 2 N–H and O–H groups in total. The van der Waals surface area contributed by atoms with Crippen molar-refractivity contribution in [2.75, 3.05) is 32.8 Å². The summed E-state index contributed by atoms with van der Waals surface area (Å²) in [5.41, 5.74) is 1.24. The van der Waals surface area contributed by atoms with Crippen molar-refractivity contribution in [3.8, 4) is 0 Å². The van der Waals surface area contributed by atoms with Gasteiger partial charge in [-0.15, -0.1) is 0 Å². The van der Waals surface area contributed by atoms with E-state index in [0.29, 0.717) is 23.6 Å². The number of carbonyl (C=O) groups is 1. The zero-order valence-corrected chi connectivity index (χ0v) is 13.5. The molecule has 1 unspecified atom stereocenters. The van der Waals surface area contributed by atoms with Crippen molar-refractivity contribution in [3.63, 3.8) is 0 Å². The molecule has 1 fully saturated rings. The first-order chi connectivity index (χ1) is 11.2. The number of nitrogens with zero attached hydrogens (tertiary/aromatic N) is 1. The molecule has 1 amide bonds. The van der Waals surface area contributed by atoms with Gasteiger partial charge in [-0.05, 0) is 44.4 Å². The van der Waals surface area contributed by atoms with E-state index in [9.17, 15) is 9.90 Å². The van der Waals surface area contributed by atoms with Gasteiger partial charge in [0.15, 0.2) is 0 Å². The molecule has 1 aromatic heterocycles. The van der Waals surface area contributed by atoms with Crippen molar-refractivity contribution in [1.29, 1.82) is 0 Å². The molecule has 0 radical (unpaired) electrons. The zero-order valence-electron chi connectivity index (χ0n) is 13.5. The van der Waals surface area contributed by atoms with E-state index in [1.54, 1.807) is 6.07 Å². The number of aliphatic hydroxyl groups is 1. The maximum absolute atomic E-state index is 12.4. The van der Waals surface area contributed by atoms with E-state index in [1.165, 1.54) is 0 Å². The number of hydrogen-bond acceptors (Lipinski definition) is 4. The number of benzene rings is 1. The van der Waals surface area contributed by atoms with Gasteiger partial charge in [-0.25, -0.2) is 0 Å². The summed E-state index contributed by atoms with van der Waals surface area (Å²) in [4.78, 5) is 14.7. The van der Waals surface area contributed by atoms with Gasteiger partial charge in [0.25, 0.3) is 5.91 Å². The Kier molecular flexibility index (Phi) is 4.98. The number of fused-ring (bicyclic) bond motifs is 1. The van der Waals surface area contributed by atoms with Gasteiger partial charge in [-0.3, -0.25) is 4.79 Å². The number of rotatable bonds is 5. The Hall–Kier alpha value is -1.85. The maximum Gasteiger partial charge on any atom is 0.255 e. The quantitative estimate of drug-likeness (QED) is 0.887. The second kappa shape index (κ2) is 7.15. The molecule has 23 heavy (non-hydrogen) atoms. The Bertz CT molecular complexity index is 680. The monoisotopic (exact) mass is 316 g/mol. The number of piperidine rings is 1. The van der Waals surface area contributed by atoms with E-state index in [1.807, 2.05) is 25.1 Å². The summed E-state index contributed by atoms with van der Waals surface area (Å²) >= 11 is 0. The Morgan fingerprint density at radius 2 is 2.35 bits per heavy atom. The maximum atomic E-state index is 12.4. The first kappa shape index (κ1) is 16.0. The van der Waals surface area contributed by atoms with Crippen LogP contribution in [-0.4, -0.2) is 48.7 Å². The van der Waals surface area contributed by atoms with Crippen LogP contribution in [0.4, 0.5) is 0 Å². The largest absolute Gasteiger partial charge is 0.461 e. The van der Waals surface area contributed by atoms with E-state index >= 15 is 0 Å². The molecule has 1 saturated heterocycles. The molecule has 3 rings (SSSR count). The molecular formula is C18H24N2O3. The number of amides is 1. The molecule has 1 aliphatic rings. The highest BCUT2D eigenvalue weighted by molar-refractivity contribution is 6.04. The molecule has 5 nitrogen and oxygen atoms in total. The lowest BCUT2D eigenvalue weighted by Gasteiger charge is -2.31. The van der Waals surface area contributed by atoms with Crippen molar-refractivity contribution in [3.05, 3.63) is 35.6 Å². The predicted octanol–water partition coefficient (Wildman–Crippen LogP) is 2.18. The number of likely N-dealkylation sites (tertiary alicyclic amines) is 1. The Balaban J connectivity index is 1.56. The van der Waals surface area contributed by atoms with Crippen LogP contribution in [0, 0.1) is 12.8 Å². The third-order valence-electron chi connectivity index (χ3n) is 4.49. The Labute approximate surface area is 136 Å². The van der Waals surface area contributed by atoms with E-state index in [4.69, 9.17) is 4.42 Å². The zero-order chi connectivity index (χ0) is 16.2. The van der Waals surface area contributed by atoms with Crippen LogP contribution >= 0.6 is 0 Å². The summed E-state index contributed by atoms with van der Waals surface area (Å²) in [5, 5.41) is 13.2. The minimum Gasteiger partial charge on any atom is -0.461 e. The first-order valence-electron chi connectivity index (χ1n) is 8.28. The highest BCUT2D eigenvalue weighted by Crippen LogP contribution is 2.22. The lowest BCUT2D eigenvalue weighted by molar-refractivity contribution is 0.0931. The molecule has 124 valence electrons. The van der Waals surface area contributed by atoms with Gasteiger partial charge in [0.2, 0.25) is 0 Å². The molecule has 0 spiro atoms. The smallest absolute Gasteiger partial charge is 0.255 e. The van der Waals surface area contributed by atoms with Crippen LogP contribution < -0.4 is 5.32 Å². The van der Waals surface area contributed by atoms with Crippen LogP contribution in [0.3, 0.4) is 0 Å². The van der Waals surface area contributed by atoms with Gasteiger partial charge >= 0.3 is 0 Å². The number of para-hydroxylation sites is 1. The summed E-state index contributed by atoms with van der Waals surface area (Å²) in [6.45, 7) is 5.51. The first-order valence-corrected chi connectivity index (χ1v) is 8.28. The topological polar surface area (TPSA) is 65.7 Å². The standard InChI is InChI=1S/C18H24N2O3/c1-13-10-15-5-2-6-16(17(15)23-13)18(22)19-7-9-20-8-3-4-14(11-20)12-21/h2,5-6,10,14,21H,3-4,7-9,11-12H2,1H3,(H,19,22). The summed E-state index contributed by atoms with van der Waals surface area (Å²) in [6.07, 6.45) is 2.21. The van der Waals surface area contributed by atoms with Crippen molar-refractivity contribution in [1.82, 2.24) is 10.2 Å². The molecule has 0 bridgehead atoms. The second-order valence-corrected chi connectivity index (χ2v) is 6.33. The van der Waals surface area contributed by atoms with Gasteiger partial charge in [-0.1, -0.05) is 12.1 Å². The molecule has 0 saturated carbocycles. The Morgan fingerprint density at radius 3 is 3.17 bits per heavy atom. The van der Waals surface area contributed by atoms with Crippen LogP contribution in [0.2, 0.25) is 0 Å². The fourth-order valence-electron chi connectivity index (χ4n) is 3.30. The number of aryl methyl sites for hydroxylation is 1. The highest BCUT2D eigenvalue weighted by Gasteiger charge is 2.19. The van der Waals surface area contributed by atoms with Crippen LogP contribution in [0.25, 0.3) is 11.0 Å². The molecular weight excluding hydrogens is 292 g/mol. The van der Waals surface area contributed by atoms with Crippen molar-refractivity contribution in [2.45, 2.75) is 19.8 Å². The van der Waals surface area contributed by atoms with Crippen molar-refractivity contribution >= 4 is 16.9 Å². The fourth-order valence-corrected chi connectivity index (χ4v) is 3.30. The number of carbonyl (C=O) groups excluding carboxylic acids is 1. The average Bonchev–Trinajstić information content (AvgIpc) is 2.95. The second-order valence-electron chi connectivity index (χ2n) is 6.33. The van der Waals surface area contributed by atoms with Gasteiger partial charge in [0, 0.05) is 31.6 Å². The summed E-state index contributed by atoms with van der Waals surface area (Å²) in [6, 6.07) is 7.56. The van der Waals surface area contributed by atoms with Gasteiger partial charge in [0.1, 0.15) is 11.3 Å². The molecule has 1 aromatic carbocycles.